The maximum absolute atomic E-state index is 11.9. The zero-order valence-corrected chi connectivity index (χ0v) is 20.7. The number of carbonyl (C=O) groups is 1. The fraction of sp³-hybridized carbons (Fsp3) is 0.875. The zero-order chi connectivity index (χ0) is 26.1. The smallest absolute Gasteiger partial charge is 0.186 e. The van der Waals surface area contributed by atoms with Gasteiger partial charge in [-0.05, 0) is 44.1 Å². The van der Waals surface area contributed by atoms with Gasteiger partial charge in [0.15, 0.2) is 18.4 Å². The molecule has 202 valence electrons. The number of ether oxygens (including phenoxy) is 4. The Morgan fingerprint density at radius 1 is 1.00 bits per heavy atom. The van der Waals surface area contributed by atoms with Crippen molar-refractivity contribution in [3.8, 4) is 0 Å². The first-order valence-corrected chi connectivity index (χ1v) is 12.2. The first kappa shape index (κ1) is 28.6. The van der Waals surface area contributed by atoms with E-state index in [-0.39, 0.29) is 29.8 Å². The van der Waals surface area contributed by atoms with E-state index in [1.807, 2.05) is 13.8 Å². The average Bonchev–Trinajstić information content (AvgIpc) is 3.05. The van der Waals surface area contributed by atoms with Gasteiger partial charge in [0.05, 0.1) is 19.3 Å². The lowest BCUT2D eigenvalue weighted by Gasteiger charge is -2.42. The monoisotopic (exact) mass is 504 g/mol. The van der Waals surface area contributed by atoms with Gasteiger partial charge in [0, 0.05) is 6.42 Å². The number of rotatable bonds is 9. The summed E-state index contributed by atoms with van der Waals surface area (Å²) in [6.07, 6.45) is -8.73. The van der Waals surface area contributed by atoms with Crippen molar-refractivity contribution < 1.29 is 54.4 Å². The minimum Gasteiger partial charge on any atom is -0.394 e. The number of carbonyl (C=O) groups excluding carboxylic acids is 1. The van der Waals surface area contributed by atoms with E-state index in [2.05, 4.69) is 13.8 Å². The molecule has 2 fully saturated rings. The Balaban J connectivity index is 1.55. The van der Waals surface area contributed by atoms with Crippen LogP contribution in [0.2, 0.25) is 0 Å². The second kappa shape index (κ2) is 11.6. The number of hydrogen-bond donors (Lipinski definition) is 6. The fourth-order valence-corrected chi connectivity index (χ4v) is 5.27. The Bertz CT molecular complexity index is 756. The molecule has 0 amide bonds. The van der Waals surface area contributed by atoms with E-state index in [1.165, 1.54) is 0 Å². The van der Waals surface area contributed by atoms with Gasteiger partial charge in [0.1, 0.15) is 42.7 Å². The molecule has 11 heteroatoms. The molecule has 11 nitrogen and oxygen atoms in total. The first-order chi connectivity index (χ1) is 16.4. The van der Waals surface area contributed by atoms with Gasteiger partial charge < -0.3 is 49.6 Å². The van der Waals surface area contributed by atoms with Crippen molar-refractivity contribution in [3.63, 3.8) is 0 Å². The van der Waals surface area contributed by atoms with Crippen LogP contribution in [0.5, 0.6) is 0 Å². The van der Waals surface area contributed by atoms with Crippen LogP contribution in [-0.4, -0.2) is 111 Å². The van der Waals surface area contributed by atoms with Crippen molar-refractivity contribution in [3.05, 3.63) is 11.6 Å². The minimum atomic E-state index is -1.56. The van der Waals surface area contributed by atoms with Gasteiger partial charge in [-0.3, -0.25) is 4.79 Å². The number of aliphatic hydroxyl groups is 6. The third-order valence-electron chi connectivity index (χ3n) is 7.33. The third-order valence-corrected chi connectivity index (χ3v) is 7.33. The van der Waals surface area contributed by atoms with Crippen LogP contribution in [0.3, 0.4) is 0 Å². The predicted octanol–water partition coefficient (Wildman–Crippen LogP) is -1.00. The number of aliphatic hydroxyl groups excluding tert-OH is 6. The Kier molecular flexibility index (Phi) is 9.47. The summed E-state index contributed by atoms with van der Waals surface area (Å²) in [6, 6.07) is 0. The Morgan fingerprint density at radius 2 is 1.60 bits per heavy atom. The second-order valence-corrected chi connectivity index (χ2v) is 10.7. The standard InChI is InChI=1S/C24H40O11/c1-11-7-13(26)8-24(3,4)14(11)6-5-12(2)33-23-21(31)19(29)18(28)16(35-23)10-32-22-20(30)17(27)15(9-25)34-22/h7,12,14-23,25,27-31H,5-6,8-10H2,1-4H3/t12-,14+,15+,16+,17-,18-,19-,20-,21-,22+,23+/m1/s1. The van der Waals surface area contributed by atoms with Crippen LogP contribution >= 0.6 is 0 Å². The molecule has 2 saturated heterocycles. The Hall–Kier alpha value is -0.990. The van der Waals surface area contributed by atoms with Gasteiger partial charge in [-0.1, -0.05) is 19.4 Å². The highest BCUT2D eigenvalue weighted by molar-refractivity contribution is 5.91. The molecule has 0 spiro atoms. The van der Waals surface area contributed by atoms with Gasteiger partial charge in [0.2, 0.25) is 0 Å². The maximum atomic E-state index is 11.9. The molecular formula is C24H40O11. The van der Waals surface area contributed by atoms with Crippen LogP contribution in [-0.2, 0) is 23.7 Å². The molecule has 35 heavy (non-hydrogen) atoms. The van der Waals surface area contributed by atoms with Gasteiger partial charge in [-0.25, -0.2) is 0 Å². The Labute approximate surface area is 205 Å². The lowest BCUT2D eigenvalue weighted by molar-refractivity contribution is -0.318. The van der Waals surface area contributed by atoms with Crippen LogP contribution in [0.25, 0.3) is 0 Å². The zero-order valence-electron chi connectivity index (χ0n) is 20.7. The van der Waals surface area contributed by atoms with E-state index in [1.54, 1.807) is 6.08 Å². The van der Waals surface area contributed by atoms with Crippen molar-refractivity contribution in [1.29, 1.82) is 0 Å². The van der Waals surface area contributed by atoms with E-state index in [9.17, 15) is 35.4 Å². The topological polar surface area (TPSA) is 175 Å². The summed E-state index contributed by atoms with van der Waals surface area (Å²) in [5.41, 5.74) is 0.863. The third kappa shape index (κ3) is 6.48. The normalized spacial score (nSPS) is 42.7. The summed E-state index contributed by atoms with van der Waals surface area (Å²) in [7, 11) is 0. The number of allylic oxidation sites excluding steroid dienone is 2. The number of ketones is 1. The molecule has 2 heterocycles. The molecule has 0 unspecified atom stereocenters. The Morgan fingerprint density at radius 3 is 2.20 bits per heavy atom. The van der Waals surface area contributed by atoms with Crippen molar-refractivity contribution in [1.82, 2.24) is 0 Å². The first-order valence-electron chi connectivity index (χ1n) is 12.2. The van der Waals surface area contributed by atoms with Gasteiger partial charge in [0.25, 0.3) is 0 Å². The van der Waals surface area contributed by atoms with Crippen molar-refractivity contribution in [2.45, 2.75) is 108 Å². The second-order valence-electron chi connectivity index (χ2n) is 10.7. The van der Waals surface area contributed by atoms with Gasteiger partial charge in [-0.2, -0.15) is 0 Å². The predicted molar refractivity (Wildman–Crippen MR) is 121 cm³/mol. The van der Waals surface area contributed by atoms with E-state index in [4.69, 9.17) is 18.9 Å². The summed E-state index contributed by atoms with van der Waals surface area (Å²) in [4.78, 5) is 11.9. The summed E-state index contributed by atoms with van der Waals surface area (Å²) in [6.45, 7) is 7.07. The van der Waals surface area contributed by atoms with Gasteiger partial charge in [-0.15, -0.1) is 0 Å². The molecule has 0 aromatic rings. The van der Waals surface area contributed by atoms with Crippen LogP contribution in [0.1, 0.15) is 47.0 Å². The summed E-state index contributed by atoms with van der Waals surface area (Å²) < 4.78 is 22.2. The van der Waals surface area contributed by atoms with E-state index < -0.39 is 61.9 Å². The molecule has 1 aliphatic carbocycles. The molecule has 0 bridgehead atoms. The lowest BCUT2D eigenvalue weighted by atomic mass is 9.66. The maximum Gasteiger partial charge on any atom is 0.186 e. The van der Waals surface area contributed by atoms with Gasteiger partial charge >= 0.3 is 0 Å². The van der Waals surface area contributed by atoms with Crippen LogP contribution in [0.15, 0.2) is 11.6 Å². The SMILES string of the molecule is CC1=CC(=O)CC(C)(C)[C@H]1CC[C@@H](C)O[C@H]1O[C@@H](CO[C@H]2O[C@@H](CO)[C@@H](O)[C@H]2O)[C@@H](O)[C@@H](O)[C@H]1O. The fourth-order valence-electron chi connectivity index (χ4n) is 5.27. The van der Waals surface area contributed by atoms with Crippen LogP contribution in [0.4, 0.5) is 0 Å². The van der Waals surface area contributed by atoms with E-state index >= 15 is 0 Å². The highest BCUT2D eigenvalue weighted by Gasteiger charge is 2.47. The molecule has 0 aromatic carbocycles. The molecule has 0 radical (unpaired) electrons. The summed E-state index contributed by atoms with van der Waals surface area (Å²) in [5, 5.41) is 60.1. The molecule has 3 rings (SSSR count). The summed E-state index contributed by atoms with van der Waals surface area (Å²) in [5.74, 6) is 0.331. The van der Waals surface area contributed by atoms with Crippen molar-refractivity contribution >= 4 is 5.78 Å². The highest BCUT2D eigenvalue weighted by Crippen LogP contribution is 2.42. The van der Waals surface area contributed by atoms with Crippen molar-refractivity contribution in [2.24, 2.45) is 11.3 Å². The molecule has 2 aliphatic heterocycles. The molecule has 11 atom stereocenters. The molecule has 0 saturated carbocycles. The average molecular weight is 505 g/mol. The van der Waals surface area contributed by atoms with Crippen LogP contribution in [0, 0.1) is 11.3 Å². The minimum absolute atomic E-state index is 0.129. The van der Waals surface area contributed by atoms with Crippen LogP contribution < -0.4 is 0 Å². The van der Waals surface area contributed by atoms with E-state index in [0.717, 1.165) is 12.0 Å². The highest BCUT2D eigenvalue weighted by atomic mass is 16.7. The molecule has 6 N–H and O–H groups in total. The quantitative estimate of drug-likeness (QED) is 0.227. The number of hydrogen-bond acceptors (Lipinski definition) is 11. The summed E-state index contributed by atoms with van der Waals surface area (Å²) >= 11 is 0. The molecule has 0 aromatic heterocycles. The molecule has 3 aliphatic rings. The largest absolute Gasteiger partial charge is 0.394 e. The lowest BCUT2D eigenvalue weighted by Crippen LogP contribution is -2.60. The molecular weight excluding hydrogens is 464 g/mol. The van der Waals surface area contributed by atoms with Crippen molar-refractivity contribution in [2.75, 3.05) is 13.2 Å². The van der Waals surface area contributed by atoms with E-state index in [0.29, 0.717) is 12.8 Å².